The van der Waals surface area contributed by atoms with Gasteiger partial charge in [-0.2, -0.15) is 0 Å². The molecule has 0 unspecified atom stereocenters. The number of hydrogen-bond donors (Lipinski definition) is 3. The Kier molecular flexibility index (Phi) is 7.50. The zero-order valence-electron chi connectivity index (χ0n) is 11.2. The number of benzene rings is 1. The van der Waals surface area contributed by atoms with Gasteiger partial charge in [-0.25, -0.2) is 0 Å². The second-order valence-corrected chi connectivity index (χ2v) is 5.43. The molecular formula is C13H18BrN3O2S. The number of rotatable bonds is 8. The minimum Gasteiger partial charge on any atom is -0.389 e. The van der Waals surface area contributed by atoms with Crippen LogP contribution in [-0.2, 0) is 9.53 Å². The van der Waals surface area contributed by atoms with Crippen molar-refractivity contribution < 1.29 is 9.53 Å². The number of nitrogens with one attached hydrogen (secondary N) is 2. The van der Waals surface area contributed by atoms with E-state index in [9.17, 15) is 4.79 Å². The molecular weight excluding hydrogens is 342 g/mol. The lowest BCUT2D eigenvalue weighted by Crippen LogP contribution is -2.28. The maximum atomic E-state index is 11.5. The summed E-state index contributed by atoms with van der Waals surface area (Å²) >= 11 is 8.39. The Labute approximate surface area is 132 Å². The van der Waals surface area contributed by atoms with Gasteiger partial charge in [-0.05, 0) is 18.2 Å². The predicted molar refractivity (Wildman–Crippen MR) is 88.0 cm³/mol. The number of hydrogen-bond acceptors (Lipinski definition) is 4. The van der Waals surface area contributed by atoms with Crippen molar-refractivity contribution >= 4 is 44.7 Å². The van der Waals surface area contributed by atoms with Crippen LogP contribution in [0.4, 0.5) is 5.69 Å². The smallest absolute Gasteiger partial charge is 0.221 e. The van der Waals surface area contributed by atoms with E-state index < -0.39 is 0 Å². The van der Waals surface area contributed by atoms with E-state index in [1.165, 1.54) is 0 Å². The molecule has 1 aromatic carbocycles. The summed E-state index contributed by atoms with van der Waals surface area (Å²) in [5.41, 5.74) is 7.24. The summed E-state index contributed by atoms with van der Waals surface area (Å²) in [7, 11) is 1.60. The highest BCUT2D eigenvalue weighted by molar-refractivity contribution is 9.10. The van der Waals surface area contributed by atoms with Crippen LogP contribution in [0.2, 0.25) is 0 Å². The van der Waals surface area contributed by atoms with Crippen LogP contribution in [0, 0.1) is 0 Å². The van der Waals surface area contributed by atoms with Crippen molar-refractivity contribution in [1.29, 1.82) is 0 Å². The summed E-state index contributed by atoms with van der Waals surface area (Å²) in [6.45, 7) is 1.53. The van der Waals surface area contributed by atoms with Gasteiger partial charge in [0.2, 0.25) is 5.91 Å². The van der Waals surface area contributed by atoms with Crippen LogP contribution in [0.25, 0.3) is 0 Å². The topological polar surface area (TPSA) is 76.4 Å². The predicted octanol–water partition coefficient (Wildman–Crippen LogP) is 1.65. The van der Waals surface area contributed by atoms with Crippen molar-refractivity contribution in [3.8, 4) is 0 Å². The van der Waals surface area contributed by atoms with E-state index in [-0.39, 0.29) is 5.91 Å². The highest BCUT2D eigenvalue weighted by Crippen LogP contribution is 2.21. The van der Waals surface area contributed by atoms with Crippen LogP contribution in [0.3, 0.4) is 0 Å². The lowest BCUT2D eigenvalue weighted by molar-refractivity contribution is -0.121. The first-order chi connectivity index (χ1) is 9.54. The molecule has 0 saturated carbocycles. The van der Waals surface area contributed by atoms with Crippen LogP contribution >= 0.6 is 28.1 Å². The number of thiocarbonyl (C=S) groups is 1. The zero-order chi connectivity index (χ0) is 15.0. The van der Waals surface area contributed by atoms with E-state index in [1.54, 1.807) is 7.11 Å². The average Bonchev–Trinajstić information content (AvgIpc) is 2.38. The third-order valence-corrected chi connectivity index (χ3v) is 3.26. The Hall–Kier alpha value is -1.18. The fourth-order valence-corrected chi connectivity index (χ4v) is 2.11. The highest BCUT2D eigenvalue weighted by Gasteiger charge is 2.06. The minimum atomic E-state index is -0.0265. The zero-order valence-corrected chi connectivity index (χ0v) is 13.6. The number of nitrogens with two attached hydrogens (primary N) is 1. The molecule has 0 aliphatic heterocycles. The van der Waals surface area contributed by atoms with Crippen molar-refractivity contribution in [2.75, 3.05) is 32.1 Å². The van der Waals surface area contributed by atoms with E-state index in [2.05, 4.69) is 26.6 Å². The lowest BCUT2D eigenvalue weighted by Gasteiger charge is -2.12. The fourth-order valence-electron chi connectivity index (χ4n) is 1.57. The third kappa shape index (κ3) is 5.85. The van der Waals surface area contributed by atoms with Crippen molar-refractivity contribution in [2.45, 2.75) is 6.42 Å². The minimum absolute atomic E-state index is 0.0265. The van der Waals surface area contributed by atoms with Crippen LogP contribution in [-0.4, -0.2) is 37.7 Å². The molecule has 0 aliphatic rings. The largest absolute Gasteiger partial charge is 0.389 e. The third-order valence-electron chi connectivity index (χ3n) is 2.54. The average molecular weight is 360 g/mol. The monoisotopic (exact) mass is 359 g/mol. The molecule has 0 aromatic heterocycles. The second-order valence-electron chi connectivity index (χ2n) is 4.07. The summed E-state index contributed by atoms with van der Waals surface area (Å²) in [5, 5.41) is 5.92. The highest BCUT2D eigenvalue weighted by atomic mass is 79.9. The van der Waals surface area contributed by atoms with Crippen LogP contribution in [0.1, 0.15) is 12.0 Å². The van der Waals surface area contributed by atoms with Gasteiger partial charge in [-0.15, -0.1) is 0 Å². The summed E-state index contributed by atoms with van der Waals surface area (Å²) in [5.74, 6) is -0.0265. The second kappa shape index (κ2) is 8.89. The normalized spacial score (nSPS) is 10.1. The molecule has 4 N–H and O–H groups in total. The van der Waals surface area contributed by atoms with Gasteiger partial charge < -0.3 is 21.1 Å². The molecule has 1 aromatic rings. The Bertz CT molecular complexity index is 483. The maximum absolute atomic E-state index is 11.5. The number of amides is 1. The van der Waals surface area contributed by atoms with Crippen LogP contribution in [0.15, 0.2) is 22.7 Å². The molecule has 0 fully saturated rings. The number of methoxy groups -OCH3 is 1. The molecule has 0 bridgehead atoms. The molecule has 0 heterocycles. The molecule has 0 radical (unpaired) electrons. The first kappa shape index (κ1) is 16.9. The summed E-state index contributed by atoms with van der Waals surface area (Å²) in [4.78, 5) is 11.9. The van der Waals surface area contributed by atoms with E-state index >= 15 is 0 Å². The van der Waals surface area contributed by atoms with Gasteiger partial charge in [-0.3, -0.25) is 4.79 Å². The SMILES string of the molecule is COCCNC(=O)CCNc1cc(Br)ccc1C(N)=S. The van der Waals surface area contributed by atoms with E-state index in [0.717, 1.165) is 15.7 Å². The van der Waals surface area contributed by atoms with Crippen LogP contribution < -0.4 is 16.4 Å². The Morgan fingerprint density at radius 1 is 1.45 bits per heavy atom. The standard InChI is InChI=1S/C13H18BrN3O2S/c1-19-7-6-17-12(18)4-5-16-11-8-9(14)2-3-10(11)13(15)20/h2-3,8,16H,4-7H2,1H3,(H2,15,20)(H,17,18). The molecule has 1 rings (SSSR count). The number of carbonyl (C=O) groups excluding carboxylic acids is 1. The number of halogens is 1. The Morgan fingerprint density at radius 2 is 2.20 bits per heavy atom. The first-order valence-corrected chi connectivity index (χ1v) is 7.33. The van der Waals surface area contributed by atoms with Gasteiger partial charge in [0, 0.05) is 42.3 Å². The fraction of sp³-hybridized carbons (Fsp3) is 0.385. The van der Waals surface area contributed by atoms with Crippen molar-refractivity contribution in [3.05, 3.63) is 28.2 Å². The van der Waals surface area contributed by atoms with Gasteiger partial charge in [-0.1, -0.05) is 28.1 Å². The van der Waals surface area contributed by atoms with Gasteiger partial charge in [0.25, 0.3) is 0 Å². The number of ether oxygens (including phenoxy) is 1. The Morgan fingerprint density at radius 3 is 2.85 bits per heavy atom. The molecule has 7 heteroatoms. The molecule has 5 nitrogen and oxygen atoms in total. The van der Waals surface area contributed by atoms with Gasteiger partial charge in [0.15, 0.2) is 0 Å². The van der Waals surface area contributed by atoms with Crippen molar-refractivity contribution in [3.63, 3.8) is 0 Å². The van der Waals surface area contributed by atoms with E-state index in [1.807, 2.05) is 18.2 Å². The maximum Gasteiger partial charge on any atom is 0.221 e. The molecule has 20 heavy (non-hydrogen) atoms. The van der Waals surface area contributed by atoms with Crippen molar-refractivity contribution in [1.82, 2.24) is 5.32 Å². The Balaban J connectivity index is 2.47. The summed E-state index contributed by atoms with van der Waals surface area (Å²) in [6.07, 6.45) is 0.368. The van der Waals surface area contributed by atoms with Gasteiger partial charge in [0.05, 0.1) is 6.61 Å². The molecule has 1 amide bonds. The molecule has 0 aliphatic carbocycles. The first-order valence-electron chi connectivity index (χ1n) is 6.13. The molecule has 110 valence electrons. The lowest BCUT2D eigenvalue weighted by atomic mass is 10.1. The number of anilines is 1. The quantitative estimate of drug-likeness (QED) is 0.486. The summed E-state index contributed by atoms with van der Waals surface area (Å²) in [6, 6.07) is 5.60. The molecule has 0 saturated heterocycles. The molecule has 0 atom stereocenters. The van der Waals surface area contributed by atoms with Crippen molar-refractivity contribution in [2.24, 2.45) is 5.73 Å². The summed E-state index contributed by atoms with van der Waals surface area (Å²) < 4.78 is 5.78. The van der Waals surface area contributed by atoms with Gasteiger partial charge in [0.1, 0.15) is 4.99 Å². The van der Waals surface area contributed by atoms with Gasteiger partial charge >= 0.3 is 0 Å². The van der Waals surface area contributed by atoms with E-state index in [4.69, 9.17) is 22.7 Å². The molecule has 0 spiro atoms. The van der Waals surface area contributed by atoms with Crippen LogP contribution in [0.5, 0.6) is 0 Å². The number of carbonyl (C=O) groups is 1. The van der Waals surface area contributed by atoms with E-state index in [0.29, 0.717) is 31.1 Å².